The van der Waals surface area contributed by atoms with Crippen LogP contribution in [0.1, 0.15) is 5.56 Å². The van der Waals surface area contributed by atoms with Gasteiger partial charge in [0.1, 0.15) is 5.58 Å². The Morgan fingerprint density at radius 3 is 2.63 bits per heavy atom. The average molecular weight is 338 g/mol. The smallest absolute Gasteiger partial charge is 0.416 e. The highest BCUT2D eigenvalue weighted by molar-refractivity contribution is 9.10. The van der Waals surface area contributed by atoms with Crippen molar-refractivity contribution in [3.8, 4) is 5.95 Å². The zero-order valence-electron chi connectivity index (χ0n) is 9.47. The number of amides is 1. The number of alkyl halides is 3. The molecular formula is C11H7BrF3NO3. The number of benzene rings is 1. The number of fused-ring (bicyclic) bond motifs is 1. The van der Waals surface area contributed by atoms with Gasteiger partial charge in [0.2, 0.25) is 0 Å². The van der Waals surface area contributed by atoms with Crippen molar-refractivity contribution in [3.63, 3.8) is 0 Å². The second kappa shape index (κ2) is 4.76. The third-order valence-electron chi connectivity index (χ3n) is 2.29. The molecule has 0 aliphatic heterocycles. The predicted molar refractivity (Wildman–Crippen MR) is 64.0 cm³/mol. The second-order valence-corrected chi connectivity index (χ2v) is 4.43. The van der Waals surface area contributed by atoms with E-state index in [9.17, 15) is 18.0 Å². The van der Waals surface area contributed by atoms with Gasteiger partial charge in [-0.3, -0.25) is 0 Å². The zero-order chi connectivity index (χ0) is 14.2. The molecule has 1 amide bonds. The number of hydrogen-bond acceptors (Lipinski definition) is 3. The molecule has 8 heteroatoms. The number of carbonyl (C=O) groups excluding carboxylic acids is 1. The molecule has 1 N–H and O–H groups in total. The van der Waals surface area contributed by atoms with Crippen molar-refractivity contribution < 1.29 is 27.1 Å². The normalized spacial score (nSPS) is 11.6. The van der Waals surface area contributed by atoms with E-state index in [1.165, 1.54) is 13.1 Å². The van der Waals surface area contributed by atoms with Crippen LogP contribution < -0.4 is 10.1 Å². The van der Waals surface area contributed by atoms with E-state index in [2.05, 4.69) is 21.2 Å². The van der Waals surface area contributed by atoms with E-state index < -0.39 is 17.8 Å². The maximum atomic E-state index is 12.6. The zero-order valence-corrected chi connectivity index (χ0v) is 11.1. The van der Waals surface area contributed by atoms with Crippen LogP contribution in [0.3, 0.4) is 0 Å². The molecule has 0 unspecified atom stereocenters. The lowest BCUT2D eigenvalue weighted by Gasteiger charge is -2.06. The van der Waals surface area contributed by atoms with E-state index in [4.69, 9.17) is 9.15 Å². The number of hydrogen-bond donors (Lipinski definition) is 1. The Balaban J connectivity index is 2.48. The first-order valence-corrected chi connectivity index (χ1v) is 5.80. The van der Waals surface area contributed by atoms with E-state index in [0.29, 0.717) is 5.39 Å². The minimum Gasteiger partial charge on any atom is -0.425 e. The van der Waals surface area contributed by atoms with Crippen LogP contribution in [0.2, 0.25) is 0 Å². The SMILES string of the molecule is CNC(=O)Oc1cc2c(Br)cc(C(F)(F)F)cc2o1. The monoisotopic (exact) mass is 337 g/mol. The Kier molecular flexibility index (Phi) is 3.44. The number of carbonyl (C=O) groups is 1. The highest BCUT2D eigenvalue weighted by Gasteiger charge is 2.32. The van der Waals surface area contributed by atoms with Gasteiger partial charge < -0.3 is 14.5 Å². The van der Waals surface area contributed by atoms with Gasteiger partial charge in [0.25, 0.3) is 5.95 Å². The van der Waals surface area contributed by atoms with Crippen LogP contribution in [-0.2, 0) is 6.18 Å². The summed E-state index contributed by atoms with van der Waals surface area (Å²) >= 11 is 3.02. The minimum absolute atomic E-state index is 0.0272. The van der Waals surface area contributed by atoms with Gasteiger partial charge in [-0.05, 0) is 12.1 Å². The van der Waals surface area contributed by atoms with Gasteiger partial charge in [-0.15, -0.1) is 0 Å². The molecule has 1 aromatic heterocycles. The number of furan rings is 1. The van der Waals surface area contributed by atoms with E-state index in [0.717, 1.165) is 12.1 Å². The molecule has 0 spiro atoms. The van der Waals surface area contributed by atoms with Crippen molar-refractivity contribution >= 4 is 33.0 Å². The Morgan fingerprint density at radius 2 is 2.05 bits per heavy atom. The van der Waals surface area contributed by atoms with Gasteiger partial charge in [-0.2, -0.15) is 13.2 Å². The number of rotatable bonds is 1. The number of ether oxygens (including phenoxy) is 1. The summed E-state index contributed by atoms with van der Waals surface area (Å²) in [7, 11) is 1.35. The first-order valence-electron chi connectivity index (χ1n) is 5.01. The van der Waals surface area contributed by atoms with E-state index in [1.54, 1.807) is 0 Å². The molecule has 2 rings (SSSR count). The van der Waals surface area contributed by atoms with Crippen molar-refractivity contribution in [3.05, 3.63) is 28.2 Å². The lowest BCUT2D eigenvalue weighted by Crippen LogP contribution is -2.21. The van der Waals surface area contributed by atoms with Gasteiger partial charge in [-0.1, -0.05) is 15.9 Å². The maximum Gasteiger partial charge on any atom is 0.416 e. The topological polar surface area (TPSA) is 51.5 Å². The standard InChI is InChI=1S/C11H7BrF3NO3/c1-16-10(17)19-9-4-6-7(12)2-5(11(13,14)15)3-8(6)18-9/h2-4H,1H3,(H,16,17). The summed E-state index contributed by atoms with van der Waals surface area (Å²) in [5.74, 6) is -0.186. The summed E-state index contributed by atoms with van der Waals surface area (Å²) in [5, 5.41) is 2.58. The largest absolute Gasteiger partial charge is 0.425 e. The van der Waals surface area contributed by atoms with Crippen molar-refractivity contribution in [2.45, 2.75) is 6.18 Å². The minimum atomic E-state index is -4.48. The van der Waals surface area contributed by atoms with Crippen LogP contribution in [0.5, 0.6) is 5.95 Å². The van der Waals surface area contributed by atoms with Gasteiger partial charge >= 0.3 is 12.3 Å². The summed E-state index contributed by atoms with van der Waals surface area (Å²) in [6.07, 6.45) is -5.25. The summed E-state index contributed by atoms with van der Waals surface area (Å²) in [5.41, 5.74) is -0.881. The molecule has 1 aromatic carbocycles. The first-order chi connectivity index (χ1) is 8.81. The highest BCUT2D eigenvalue weighted by Crippen LogP contribution is 2.37. The summed E-state index contributed by atoms with van der Waals surface area (Å²) in [6.45, 7) is 0. The number of nitrogens with one attached hydrogen (secondary N) is 1. The molecule has 0 atom stereocenters. The van der Waals surface area contributed by atoms with Crippen LogP contribution in [-0.4, -0.2) is 13.1 Å². The van der Waals surface area contributed by atoms with E-state index in [-0.39, 0.29) is 16.0 Å². The lowest BCUT2D eigenvalue weighted by atomic mass is 10.1. The van der Waals surface area contributed by atoms with Gasteiger partial charge in [0, 0.05) is 23.0 Å². The molecule has 0 radical (unpaired) electrons. The van der Waals surface area contributed by atoms with Crippen molar-refractivity contribution in [2.24, 2.45) is 0 Å². The molecule has 0 aliphatic rings. The van der Waals surface area contributed by atoms with Crippen molar-refractivity contribution in [1.82, 2.24) is 5.32 Å². The summed E-state index contributed by atoms with van der Waals surface area (Å²) in [6, 6.07) is 3.10. The lowest BCUT2D eigenvalue weighted by molar-refractivity contribution is -0.137. The fourth-order valence-corrected chi connectivity index (χ4v) is 1.99. The predicted octanol–water partition coefficient (Wildman–Crippen LogP) is 3.93. The number of halogens is 4. The fourth-order valence-electron chi connectivity index (χ4n) is 1.43. The molecule has 0 saturated heterocycles. The fraction of sp³-hybridized carbons (Fsp3) is 0.182. The van der Waals surface area contributed by atoms with Gasteiger partial charge in [0.15, 0.2) is 0 Å². The van der Waals surface area contributed by atoms with Crippen LogP contribution in [0.25, 0.3) is 11.0 Å². The first kappa shape index (κ1) is 13.7. The Hall–Kier alpha value is -1.70. The molecule has 19 heavy (non-hydrogen) atoms. The average Bonchev–Trinajstić information content (AvgIpc) is 2.70. The third kappa shape index (κ3) is 2.83. The molecule has 4 nitrogen and oxygen atoms in total. The van der Waals surface area contributed by atoms with Gasteiger partial charge in [0.05, 0.1) is 5.56 Å². The van der Waals surface area contributed by atoms with E-state index in [1.807, 2.05) is 0 Å². The summed E-state index contributed by atoms with van der Waals surface area (Å²) in [4.78, 5) is 11.0. The van der Waals surface area contributed by atoms with Crippen LogP contribution >= 0.6 is 15.9 Å². The second-order valence-electron chi connectivity index (χ2n) is 3.57. The molecule has 102 valence electrons. The molecule has 1 heterocycles. The molecule has 0 fully saturated rings. The highest BCUT2D eigenvalue weighted by atomic mass is 79.9. The van der Waals surface area contributed by atoms with Crippen molar-refractivity contribution in [2.75, 3.05) is 7.05 Å². The molecule has 2 aromatic rings. The molecular weight excluding hydrogens is 331 g/mol. The van der Waals surface area contributed by atoms with Crippen LogP contribution in [0.15, 0.2) is 27.1 Å². The molecule has 0 aliphatic carbocycles. The Bertz CT molecular complexity index is 636. The van der Waals surface area contributed by atoms with Gasteiger partial charge in [-0.25, -0.2) is 4.79 Å². The van der Waals surface area contributed by atoms with Crippen LogP contribution in [0, 0.1) is 0 Å². The van der Waals surface area contributed by atoms with Crippen LogP contribution in [0.4, 0.5) is 18.0 Å². The van der Waals surface area contributed by atoms with E-state index >= 15 is 0 Å². The third-order valence-corrected chi connectivity index (χ3v) is 2.95. The maximum absolute atomic E-state index is 12.6. The molecule has 0 saturated carbocycles. The Morgan fingerprint density at radius 1 is 1.37 bits per heavy atom. The Labute approximate surface area is 113 Å². The summed E-state index contributed by atoms with van der Waals surface area (Å²) < 4.78 is 47.8. The molecule has 0 bridgehead atoms. The quantitative estimate of drug-likeness (QED) is 0.857. The van der Waals surface area contributed by atoms with Crippen molar-refractivity contribution in [1.29, 1.82) is 0 Å².